The number of hydrogen-bond donors (Lipinski definition) is 1. The van der Waals surface area contributed by atoms with E-state index >= 15 is 0 Å². The lowest BCUT2D eigenvalue weighted by atomic mass is 10.2. The van der Waals surface area contributed by atoms with Gasteiger partial charge in [-0.15, -0.1) is 0 Å². The van der Waals surface area contributed by atoms with Gasteiger partial charge in [-0.1, -0.05) is 25.4 Å². The summed E-state index contributed by atoms with van der Waals surface area (Å²) < 4.78 is 0. The molecule has 1 aliphatic rings. The molecule has 6 heteroatoms. The standard InChI is InChI=1S/C16H22ClN3O2/c1-11(2)16(22)18-13-4-5-15(14(17)10-13)20-8-6-19(7-9-20)12(3)21/h4-5,10-11H,6-9H2,1-3H3,(H,18,22). The van der Waals surface area contributed by atoms with Gasteiger partial charge in [0.1, 0.15) is 0 Å². The van der Waals surface area contributed by atoms with E-state index < -0.39 is 0 Å². The van der Waals surface area contributed by atoms with Gasteiger partial charge in [-0.3, -0.25) is 9.59 Å². The molecule has 22 heavy (non-hydrogen) atoms. The van der Waals surface area contributed by atoms with Crippen molar-refractivity contribution in [3.8, 4) is 0 Å². The molecule has 0 unspecified atom stereocenters. The second-order valence-corrected chi connectivity index (χ2v) is 6.21. The number of nitrogens with zero attached hydrogens (tertiary/aromatic N) is 2. The molecule has 2 amide bonds. The highest BCUT2D eigenvalue weighted by Gasteiger charge is 2.20. The largest absolute Gasteiger partial charge is 0.367 e. The first-order valence-corrected chi connectivity index (χ1v) is 7.87. The van der Waals surface area contributed by atoms with Crippen molar-refractivity contribution in [3.05, 3.63) is 23.2 Å². The molecule has 0 bridgehead atoms. The lowest BCUT2D eigenvalue weighted by Crippen LogP contribution is -2.48. The molecule has 1 aromatic carbocycles. The van der Waals surface area contributed by atoms with Crippen molar-refractivity contribution in [2.45, 2.75) is 20.8 Å². The van der Waals surface area contributed by atoms with E-state index in [0.717, 1.165) is 18.8 Å². The van der Waals surface area contributed by atoms with Crippen LogP contribution in [0.1, 0.15) is 20.8 Å². The van der Waals surface area contributed by atoms with E-state index in [1.165, 1.54) is 0 Å². The van der Waals surface area contributed by atoms with Gasteiger partial charge in [0.15, 0.2) is 0 Å². The minimum atomic E-state index is -0.0712. The van der Waals surface area contributed by atoms with E-state index in [0.29, 0.717) is 23.8 Å². The molecular formula is C16H22ClN3O2. The van der Waals surface area contributed by atoms with Crippen molar-refractivity contribution in [2.75, 3.05) is 36.4 Å². The maximum atomic E-state index is 11.7. The fourth-order valence-electron chi connectivity index (χ4n) is 2.39. The van der Waals surface area contributed by atoms with Crippen molar-refractivity contribution in [2.24, 2.45) is 5.92 Å². The van der Waals surface area contributed by atoms with E-state index in [1.54, 1.807) is 13.0 Å². The Balaban J connectivity index is 2.04. The number of amides is 2. The Morgan fingerprint density at radius 3 is 2.32 bits per heavy atom. The molecule has 5 nitrogen and oxygen atoms in total. The molecule has 120 valence electrons. The van der Waals surface area contributed by atoms with Crippen molar-refractivity contribution >= 4 is 34.8 Å². The number of anilines is 2. The third kappa shape index (κ3) is 3.91. The summed E-state index contributed by atoms with van der Waals surface area (Å²) in [5.74, 6) is 0.00879. The summed E-state index contributed by atoms with van der Waals surface area (Å²) in [7, 11) is 0. The molecule has 0 atom stereocenters. The van der Waals surface area contributed by atoms with Crippen molar-refractivity contribution in [1.82, 2.24) is 4.90 Å². The average Bonchev–Trinajstić information content (AvgIpc) is 2.47. The van der Waals surface area contributed by atoms with E-state index in [4.69, 9.17) is 11.6 Å². The van der Waals surface area contributed by atoms with Gasteiger partial charge in [0, 0.05) is 44.7 Å². The van der Waals surface area contributed by atoms with Crippen LogP contribution in [0.4, 0.5) is 11.4 Å². The third-order valence-corrected chi connectivity index (χ3v) is 4.11. The fraction of sp³-hybridized carbons (Fsp3) is 0.500. The number of halogens is 1. The number of hydrogen-bond acceptors (Lipinski definition) is 3. The second-order valence-electron chi connectivity index (χ2n) is 5.80. The predicted octanol–water partition coefficient (Wildman–Crippen LogP) is 2.60. The smallest absolute Gasteiger partial charge is 0.226 e. The highest BCUT2D eigenvalue weighted by Crippen LogP contribution is 2.29. The van der Waals surface area contributed by atoms with Crippen molar-refractivity contribution in [3.63, 3.8) is 0 Å². The summed E-state index contributed by atoms with van der Waals surface area (Å²) >= 11 is 6.35. The van der Waals surface area contributed by atoms with Crippen LogP contribution in [0.25, 0.3) is 0 Å². The van der Waals surface area contributed by atoms with Gasteiger partial charge in [0.25, 0.3) is 0 Å². The first-order valence-electron chi connectivity index (χ1n) is 7.49. The second kappa shape index (κ2) is 7.01. The van der Waals surface area contributed by atoms with Crippen molar-refractivity contribution in [1.29, 1.82) is 0 Å². The van der Waals surface area contributed by atoms with Gasteiger partial charge in [-0.05, 0) is 18.2 Å². The first-order chi connectivity index (χ1) is 10.4. The zero-order valence-electron chi connectivity index (χ0n) is 13.2. The minimum Gasteiger partial charge on any atom is -0.367 e. The van der Waals surface area contributed by atoms with Crippen LogP contribution < -0.4 is 10.2 Å². The van der Waals surface area contributed by atoms with Crippen LogP contribution in [0.3, 0.4) is 0 Å². The Kier molecular flexibility index (Phi) is 5.29. The fourth-order valence-corrected chi connectivity index (χ4v) is 2.69. The Hall–Kier alpha value is -1.75. The summed E-state index contributed by atoms with van der Waals surface area (Å²) in [6.07, 6.45) is 0. The molecule has 0 aromatic heterocycles. The van der Waals surface area contributed by atoms with Crippen molar-refractivity contribution < 1.29 is 9.59 Å². The van der Waals surface area contributed by atoms with E-state index in [2.05, 4.69) is 10.2 Å². The minimum absolute atomic E-state index is 0.0288. The monoisotopic (exact) mass is 323 g/mol. The molecule has 0 saturated carbocycles. The summed E-state index contributed by atoms with van der Waals surface area (Å²) in [5.41, 5.74) is 1.64. The van der Waals surface area contributed by atoms with Gasteiger partial charge in [0.2, 0.25) is 11.8 Å². The molecule has 1 fully saturated rings. The molecule has 1 N–H and O–H groups in total. The zero-order chi connectivity index (χ0) is 16.3. The van der Waals surface area contributed by atoms with Crippen LogP contribution >= 0.6 is 11.6 Å². The van der Waals surface area contributed by atoms with Gasteiger partial charge >= 0.3 is 0 Å². The topological polar surface area (TPSA) is 52.7 Å². The maximum Gasteiger partial charge on any atom is 0.226 e. The first kappa shape index (κ1) is 16.6. The van der Waals surface area contributed by atoms with Crippen LogP contribution in [-0.2, 0) is 9.59 Å². The molecule has 1 saturated heterocycles. The quantitative estimate of drug-likeness (QED) is 0.930. The highest BCUT2D eigenvalue weighted by molar-refractivity contribution is 6.33. The van der Waals surface area contributed by atoms with E-state index in [-0.39, 0.29) is 17.7 Å². The zero-order valence-corrected chi connectivity index (χ0v) is 14.0. The molecule has 1 aliphatic heterocycles. The molecule has 1 heterocycles. The SMILES string of the molecule is CC(=O)N1CCN(c2ccc(NC(=O)C(C)C)cc2Cl)CC1. The number of piperazine rings is 1. The number of carbonyl (C=O) groups is 2. The summed E-state index contributed by atoms with van der Waals surface area (Å²) in [4.78, 5) is 27.1. The molecular weight excluding hydrogens is 302 g/mol. The molecule has 0 radical (unpaired) electrons. The van der Waals surface area contributed by atoms with E-state index in [1.807, 2.05) is 30.9 Å². The molecule has 0 spiro atoms. The summed E-state index contributed by atoms with van der Waals surface area (Å²) in [6, 6.07) is 5.55. The Morgan fingerprint density at radius 1 is 1.18 bits per heavy atom. The summed E-state index contributed by atoms with van der Waals surface area (Å²) in [6.45, 7) is 8.22. The number of carbonyl (C=O) groups excluding carboxylic acids is 2. The van der Waals surface area contributed by atoms with Crippen LogP contribution in [-0.4, -0.2) is 42.9 Å². The van der Waals surface area contributed by atoms with Crippen LogP contribution in [0.5, 0.6) is 0 Å². The van der Waals surface area contributed by atoms with Gasteiger partial charge in [-0.25, -0.2) is 0 Å². The van der Waals surface area contributed by atoms with Gasteiger partial charge in [-0.2, -0.15) is 0 Å². The van der Waals surface area contributed by atoms with Gasteiger partial charge in [0.05, 0.1) is 10.7 Å². The van der Waals surface area contributed by atoms with Crippen LogP contribution in [0.15, 0.2) is 18.2 Å². The number of nitrogens with one attached hydrogen (secondary N) is 1. The predicted molar refractivity (Wildman–Crippen MR) is 89.4 cm³/mol. The lowest BCUT2D eigenvalue weighted by Gasteiger charge is -2.36. The molecule has 2 rings (SSSR count). The third-order valence-electron chi connectivity index (χ3n) is 3.81. The molecule has 1 aromatic rings. The Bertz CT molecular complexity index is 567. The number of rotatable bonds is 3. The van der Waals surface area contributed by atoms with Crippen LogP contribution in [0.2, 0.25) is 5.02 Å². The number of benzene rings is 1. The maximum absolute atomic E-state index is 11.7. The van der Waals surface area contributed by atoms with Crippen LogP contribution in [0, 0.1) is 5.92 Å². The normalized spacial score (nSPS) is 15.1. The Morgan fingerprint density at radius 2 is 1.82 bits per heavy atom. The lowest BCUT2D eigenvalue weighted by molar-refractivity contribution is -0.129. The van der Waals surface area contributed by atoms with Gasteiger partial charge < -0.3 is 15.1 Å². The summed E-state index contributed by atoms with van der Waals surface area (Å²) in [5, 5.41) is 3.45. The average molecular weight is 324 g/mol. The van der Waals surface area contributed by atoms with E-state index in [9.17, 15) is 9.59 Å². The Labute approximate surface area is 136 Å². The highest BCUT2D eigenvalue weighted by atomic mass is 35.5. The molecule has 0 aliphatic carbocycles.